The van der Waals surface area contributed by atoms with E-state index < -0.39 is 0 Å². The van der Waals surface area contributed by atoms with Crippen LogP contribution in [0.4, 0.5) is 0 Å². The average molecular weight is 306 g/mol. The lowest BCUT2D eigenvalue weighted by Crippen LogP contribution is -2.31. The first kappa shape index (κ1) is 13.5. The van der Waals surface area contributed by atoms with Gasteiger partial charge in [-0.2, -0.15) is 0 Å². The second-order valence-electron chi connectivity index (χ2n) is 3.23. The molecule has 0 aromatic heterocycles. The molecule has 0 atom stereocenters. The summed E-state index contributed by atoms with van der Waals surface area (Å²) in [6.07, 6.45) is 0. The molecule has 1 rings (SSSR count). The molecular weight excluding hydrogens is 291 g/mol. The highest BCUT2D eigenvalue weighted by atomic mass is 79.9. The number of hydrogen-bond donors (Lipinski definition) is 2. The number of halogens is 2. The summed E-state index contributed by atoms with van der Waals surface area (Å²) < 4.78 is 0.709. The van der Waals surface area contributed by atoms with E-state index in [-0.39, 0.29) is 5.91 Å². The Kier molecular flexibility index (Phi) is 5.80. The van der Waals surface area contributed by atoms with Crippen molar-refractivity contribution in [1.29, 1.82) is 0 Å². The maximum absolute atomic E-state index is 11.7. The van der Waals surface area contributed by atoms with Crippen molar-refractivity contribution in [1.82, 2.24) is 10.6 Å². The fourth-order valence-corrected chi connectivity index (χ4v) is 2.07. The average Bonchev–Trinajstić information content (AvgIpc) is 2.24. The Bertz CT molecular complexity index is 371. The van der Waals surface area contributed by atoms with E-state index in [9.17, 15) is 4.79 Å². The SMILES string of the molecule is CCNCCNC(=O)c1ccc(Cl)cc1Br. The minimum absolute atomic E-state index is 0.0959. The molecule has 0 radical (unpaired) electrons. The van der Waals surface area contributed by atoms with Gasteiger partial charge in [-0.1, -0.05) is 18.5 Å². The molecule has 2 N–H and O–H groups in total. The Hall–Kier alpha value is -0.580. The monoisotopic (exact) mass is 304 g/mol. The summed E-state index contributed by atoms with van der Waals surface area (Å²) in [5, 5.41) is 6.56. The molecule has 0 saturated carbocycles. The van der Waals surface area contributed by atoms with Gasteiger partial charge in [-0.15, -0.1) is 0 Å². The molecule has 3 nitrogen and oxygen atoms in total. The zero-order valence-corrected chi connectivity index (χ0v) is 11.4. The van der Waals surface area contributed by atoms with Crippen molar-refractivity contribution in [3.8, 4) is 0 Å². The molecule has 88 valence electrons. The minimum atomic E-state index is -0.0959. The van der Waals surface area contributed by atoms with Crippen LogP contribution in [0.5, 0.6) is 0 Å². The highest BCUT2D eigenvalue weighted by molar-refractivity contribution is 9.10. The molecule has 1 aromatic carbocycles. The number of likely N-dealkylation sites (N-methyl/N-ethyl adjacent to an activating group) is 1. The topological polar surface area (TPSA) is 41.1 Å². The third-order valence-corrected chi connectivity index (χ3v) is 2.90. The van der Waals surface area contributed by atoms with Gasteiger partial charge in [0.1, 0.15) is 0 Å². The van der Waals surface area contributed by atoms with Crippen molar-refractivity contribution in [3.63, 3.8) is 0 Å². The van der Waals surface area contributed by atoms with Gasteiger partial charge in [-0.3, -0.25) is 4.79 Å². The first-order chi connectivity index (χ1) is 7.65. The molecule has 1 aromatic rings. The quantitative estimate of drug-likeness (QED) is 0.821. The number of rotatable bonds is 5. The van der Waals surface area contributed by atoms with Gasteiger partial charge in [0.15, 0.2) is 0 Å². The smallest absolute Gasteiger partial charge is 0.252 e. The molecule has 0 aliphatic carbocycles. The number of hydrogen-bond acceptors (Lipinski definition) is 2. The van der Waals surface area contributed by atoms with Gasteiger partial charge in [0.25, 0.3) is 5.91 Å². The summed E-state index contributed by atoms with van der Waals surface area (Å²) in [6.45, 7) is 4.31. The highest BCUT2D eigenvalue weighted by Gasteiger charge is 2.09. The van der Waals surface area contributed by atoms with Gasteiger partial charge >= 0.3 is 0 Å². The van der Waals surface area contributed by atoms with Crippen molar-refractivity contribution in [3.05, 3.63) is 33.3 Å². The Morgan fingerprint density at radius 3 is 2.81 bits per heavy atom. The number of carbonyl (C=O) groups excluding carboxylic acids is 1. The van der Waals surface area contributed by atoms with E-state index in [1.54, 1.807) is 18.2 Å². The number of carbonyl (C=O) groups is 1. The Morgan fingerprint density at radius 1 is 1.44 bits per heavy atom. The van der Waals surface area contributed by atoms with Crippen molar-refractivity contribution in [2.24, 2.45) is 0 Å². The van der Waals surface area contributed by atoms with Crippen molar-refractivity contribution in [2.45, 2.75) is 6.92 Å². The zero-order valence-electron chi connectivity index (χ0n) is 9.02. The second kappa shape index (κ2) is 6.89. The van der Waals surface area contributed by atoms with Gasteiger partial charge in [-0.05, 0) is 40.7 Å². The van der Waals surface area contributed by atoms with Crippen LogP contribution in [0.1, 0.15) is 17.3 Å². The van der Waals surface area contributed by atoms with Crippen molar-refractivity contribution in [2.75, 3.05) is 19.6 Å². The predicted molar refractivity (Wildman–Crippen MR) is 70.0 cm³/mol. The van der Waals surface area contributed by atoms with Gasteiger partial charge in [0.2, 0.25) is 0 Å². The zero-order chi connectivity index (χ0) is 12.0. The van der Waals surface area contributed by atoms with Gasteiger partial charge in [-0.25, -0.2) is 0 Å². The van der Waals surface area contributed by atoms with Crippen LogP contribution in [-0.4, -0.2) is 25.5 Å². The fourth-order valence-electron chi connectivity index (χ4n) is 1.21. The normalized spacial score (nSPS) is 10.2. The molecule has 0 spiro atoms. The van der Waals surface area contributed by atoms with Crippen LogP contribution in [0, 0.1) is 0 Å². The summed E-state index contributed by atoms with van der Waals surface area (Å²) in [7, 11) is 0. The maximum atomic E-state index is 11.7. The summed E-state index contributed by atoms with van der Waals surface area (Å²) in [5.74, 6) is -0.0959. The van der Waals surface area contributed by atoms with Crippen LogP contribution in [0.25, 0.3) is 0 Å². The standard InChI is InChI=1S/C11H14BrClN2O/c1-2-14-5-6-15-11(16)9-4-3-8(13)7-10(9)12/h3-4,7,14H,2,5-6H2,1H3,(H,15,16). The van der Waals surface area contributed by atoms with E-state index in [0.29, 0.717) is 21.6 Å². The Morgan fingerprint density at radius 2 is 2.19 bits per heavy atom. The lowest BCUT2D eigenvalue weighted by Gasteiger charge is -2.07. The number of amides is 1. The first-order valence-electron chi connectivity index (χ1n) is 5.09. The largest absolute Gasteiger partial charge is 0.351 e. The van der Waals surface area contributed by atoms with Crippen LogP contribution in [-0.2, 0) is 0 Å². The van der Waals surface area contributed by atoms with Crippen LogP contribution in [0.2, 0.25) is 5.02 Å². The molecular formula is C11H14BrClN2O. The molecule has 0 aliphatic rings. The van der Waals surface area contributed by atoms with E-state index in [2.05, 4.69) is 26.6 Å². The number of nitrogens with one attached hydrogen (secondary N) is 2. The van der Waals surface area contributed by atoms with Crippen LogP contribution < -0.4 is 10.6 Å². The van der Waals surface area contributed by atoms with E-state index in [1.807, 2.05) is 6.92 Å². The molecule has 5 heteroatoms. The van der Waals surface area contributed by atoms with E-state index in [4.69, 9.17) is 11.6 Å². The second-order valence-corrected chi connectivity index (χ2v) is 4.52. The van der Waals surface area contributed by atoms with E-state index in [1.165, 1.54) is 0 Å². The molecule has 0 saturated heterocycles. The molecule has 0 unspecified atom stereocenters. The van der Waals surface area contributed by atoms with Gasteiger partial charge < -0.3 is 10.6 Å². The molecule has 0 aliphatic heterocycles. The minimum Gasteiger partial charge on any atom is -0.351 e. The van der Waals surface area contributed by atoms with Crippen LogP contribution in [0.3, 0.4) is 0 Å². The summed E-state index contributed by atoms with van der Waals surface area (Å²) in [5.41, 5.74) is 0.598. The third kappa shape index (κ3) is 4.12. The summed E-state index contributed by atoms with van der Waals surface area (Å²) >= 11 is 9.10. The molecule has 1 amide bonds. The van der Waals surface area contributed by atoms with Gasteiger partial charge in [0.05, 0.1) is 5.56 Å². The molecule has 0 fully saturated rings. The van der Waals surface area contributed by atoms with E-state index in [0.717, 1.165) is 13.1 Å². The fraction of sp³-hybridized carbons (Fsp3) is 0.364. The molecule has 0 heterocycles. The van der Waals surface area contributed by atoms with Crippen LogP contribution >= 0.6 is 27.5 Å². The van der Waals surface area contributed by atoms with E-state index >= 15 is 0 Å². The lowest BCUT2D eigenvalue weighted by molar-refractivity contribution is 0.0953. The van der Waals surface area contributed by atoms with Crippen molar-refractivity contribution >= 4 is 33.4 Å². The number of benzene rings is 1. The lowest BCUT2D eigenvalue weighted by atomic mass is 10.2. The third-order valence-electron chi connectivity index (χ3n) is 2.01. The van der Waals surface area contributed by atoms with Crippen molar-refractivity contribution < 1.29 is 4.79 Å². The predicted octanol–water partition coefficient (Wildman–Crippen LogP) is 2.44. The molecule has 16 heavy (non-hydrogen) atoms. The van der Waals surface area contributed by atoms with Gasteiger partial charge in [0, 0.05) is 22.6 Å². The maximum Gasteiger partial charge on any atom is 0.252 e. The Labute approximate surface area is 109 Å². The van der Waals surface area contributed by atoms with Crippen LogP contribution in [0.15, 0.2) is 22.7 Å². The highest BCUT2D eigenvalue weighted by Crippen LogP contribution is 2.21. The summed E-state index contributed by atoms with van der Waals surface area (Å²) in [6, 6.07) is 5.11. The summed E-state index contributed by atoms with van der Waals surface area (Å²) in [4.78, 5) is 11.7. The molecule has 0 bridgehead atoms. The Balaban J connectivity index is 2.53. The first-order valence-corrected chi connectivity index (χ1v) is 6.26.